The lowest BCUT2D eigenvalue weighted by atomic mass is 10.1. The number of tetrazole rings is 1. The fourth-order valence-corrected chi connectivity index (χ4v) is 3.58. The zero-order chi connectivity index (χ0) is 19.0. The van der Waals surface area contributed by atoms with Crippen molar-refractivity contribution < 1.29 is 0 Å². The van der Waals surface area contributed by atoms with E-state index in [-0.39, 0.29) is 0 Å². The van der Waals surface area contributed by atoms with Gasteiger partial charge in [-0.05, 0) is 47.9 Å². The van der Waals surface area contributed by atoms with Gasteiger partial charge in [0.05, 0.1) is 17.8 Å². The molecule has 0 unspecified atom stereocenters. The van der Waals surface area contributed by atoms with E-state index in [1.54, 1.807) is 4.80 Å². The van der Waals surface area contributed by atoms with Crippen molar-refractivity contribution in [3.05, 3.63) is 74.5 Å². The van der Waals surface area contributed by atoms with Gasteiger partial charge in [0.1, 0.15) is 4.64 Å². The van der Waals surface area contributed by atoms with E-state index >= 15 is 0 Å². The Morgan fingerprint density at radius 3 is 2.48 bits per heavy atom. The minimum absolute atomic E-state index is 0.512. The number of benzene rings is 2. The molecular weight excluding hydrogens is 424 g/mol. The summed E-state index contributed by atoms with van der Waals surface area (Å²) >= 11 is 9.11. The second-order valence-corrected chi connectivity index (χ2v) is 7.64. The molecule has 27 heavy (non-hydrogen) atoms. The number of aromatic nitrogens is 6. The first kappa shape index (κ1) is 17.8. The van der Waals surface area contributed by atoms with Crippen LogP contribution in [0, 0.1) is 18.5 Å². The zero-order valence-corrected chi connectivity index (χ0v) is 17.3. The van der Waals surface area contributed by atoms with Crippen molar-refractivity contribution in [3.63, 3.8) is 0 Å². The van der Waals surface area contributed by atoms with Gasteiger partial charge in [0, 0.05) is 10.7 Å². The number of nitrogens with zero attached hydrogens (tertiary/aromatic N) is 5. The molecule has 0 spiro atoms. The second kappa shape index (κ2) is 7.21. The Bertz CT molecular complexity index is 1140. The molecule has 136 valence electrons. The molecule has 0 saturated heterocycles. The molecule has 4 rings (SSSR count). The van der Waals surface area contributed by atoms with E-state index in [1.807, 2.05) is 41.2 Å². The fourth-order valence-electron chi connectivity index (χ4n) is 3.03. The molecule has 0 amide bonds. The number of H-pyrrole nitrogens is 1. The summed E-state index contributed by atoms with van der Waals surface area (Å²) in [7, 11) is 0. The van der Waals surface area contributed by atoms with Crippen molar-refractivity contribution in [3.8, 4) is 17.1 Å². The lowest BCUT2D eigenvalue weighted by molar-refractivity contribution is 0.573. The summed E-state index contributed by atoms with van der Waals surface area (Å²) in [6, 6.07) is 14.2. The highest BCUT2D eigenvalue weighted by Gasteiger charge is 2.14. The van der Waals surface area contributed by atoms with Crippen LogP contribution in [0.4, 0.5) is 0 Å². The number of nitrogens with one attached hydrogen (secondary N) is 1. The Balaban J connectivity index is 1.66. The largest absolute Gasteiger partial charge is 0.299 e. The molecule has 2 heterocycles. The van der Waals surface area contributed by atoms with Gasteiger partial charge in [0.2, 0.25) is 5.82 Å². The third kappa shape index (κ3) is 3.50. The maximum Gasteiger partial charge on any atom is 0.209 e. The Labute approximate surface area is 170 Å². The summed E-state index contributed by atoms with van der Waals surface area (Å²) in [5.74, 6) is 0.512. The second-order valence-electron chi connectivity index (χ2n) is 6.34. The summed E-state index contributed by atoms with van der Waals surface area (Å²) in [4.78, 5) is 1.57. The molecule has 0 fully saturated rings. The number of aromatic amines is 1. The highest BCUT2D eigenvalue weighted by molar-refractivity contribution is 9.10. The summed E-state index contributed by atoms with van der Waals surface area (Å²) in [5, 5.41) is 16.1. The summed E-state index contributed by atoms with van der Waals surface area (Å²) in [6.45, 7) is 4.68. The zero-order valence-electron chi connectivity index (χ0n) is 14.8. The standard InChI is InChI=1S/C19H17BrN6S/c1-12-4-3-5-13(2)17(12)26-19(27)16(10-21-26)18-22-24-25(23-18)11-14-6-8-15(20)9-7-14/h3-10,21H,11H2,1-2H3. The van der Waals surface area contributed by atoms with Crippen LogP contribution in [0.25, 0.3) is 17.1 Å². The van der Waals surface area contributed by atoms with E-state index < -0.39 is 0 Å². The predicted molar refractivity (Wildman–Crippen MR) is 110 cm³/mol. The van der Waals surface area contributed by atoms with E-state index in [0.717, 1.165) is 32.4 Å². The Morgan fingerprint density at radius 2 is 1.78 bits per heavy atom. The van der Waals surface area contributed by atoms with Crippen molar-refractivity contribution in [2.24, 2.45) is 0 Å². The molecule has 0 bridgehead atoms. The summed E-state index contributed by atoms with van der Waals surface area (Å²) in [6.07, 6.45) is 1.83. The van der Waals surface area contributed by atoms with Crippen LogP contribution in [0.15, 0.2) is 53.1 Å². The molecule has 1 N–H and O–H groups in total. The van der Waals surface area contributed by atoms with Crippen LogP contribution >= 0.6 is 28.1 Å². The fraction of sp³-hybridized carbons (Fsp3) is 0.158. The normalized spacial score (nSPS) is 11.1. The van der Waals surface area contributed by atoms with Crippen molar-refractivity contribution in [2.75, 3.05) is 0 Å². The maximum atomic E-state index is 5.67. The lowest BCUT2D eigenvalue weighted by Gasteiger charge is -2.10. The molecule has 0 aliphatic rings. The molecule has 0 radical (unpaired) electrons. The van der Waals surface area contributed by atoms with Gasteiger partial charge in [0.25, 0.3) is 0 Å². The Kier molecular flexibility index (Phi) is 4.75. The number of rotatable bonds is 4. The molecular formula is C19H17BrN6S. The Morgan fingerprint density at radius 1 is 1.07 bits per heavy atom. The van der Waals surface area contributed by atoms with E-state index in [9.17, 15) is 0 Å². The first-order chi connectivity index (χ1) is 13.0. The van der Waals surface area contributed by atoms with Gasteiger partial charge >= 0.3 is 0 Å². The van der Waals surface area contributed by atoms with Crippen molar-refractivity contribution in [2.45, 2.75) is 20.4 Å². The van der Waals surface area contributed by atoms with Gasteiger partial charge in [0.15, 0.2) is 0 Å². The van der Waals surface area contributed by atoms with E-state index in [2.05, 4.69) is 62.4 Å². The van der Waals surface area contributed by atoms with E-state index in [4.69, 9.17) is 12.2 Å². The third-order valence-corrected chi connectivity index (χ3v) is 5.30. The van der Waals surface area contributed by atoms with Gasteiger partial charge in [-0.3, -0.25) is 5.10 Å². The predicted octanol–water partition coefficient (Wildman–Crippen LogP) is 4.62. The average molecular weight is 441 g/mol. The van der Waals surface area contributed by atoms with Crippen molar-refractivity contribution in [1.82, 2.24) is 30.0 Å². The van der Waals surface area contributed by atoms with Crippen molar-refractivity contribution >= 4 is 28.1 Å². The average Bonchev–Trinajstić information content (AvgIpc) is 3.24. The van der Waals surface area contributed by atoms with E-state index in [0.29, 0.717) is 17.0 Å². The third-order valence-electron chi connectivity index (χ3n) is 4.37. The highest BCUT2D eigenvalue weighted by atomic mass is 79.9. The molecule has 2 aromatic carbocycles. The van der Waals surface area contributed by atoms with Gasteiger partial charge in [-0.25, -0.2) is 4.68 Å². The number of hydrogen-bond donors (Lipinski definition) is 1. The van der Waals surface area contributed by atoms with Crippen LogP contribution in [0.5, 0.6) is 0 Å². The van der Waals surface area contributed by atoms with Gasteiger partial charge < -0.3 is 0 Å². The summed E-state index contributed by atoms with van der Waals surface area (Å²) < 4.78 is 3.57. The Hall–Kier alpha value is -2.58. The molecule has 0 aliphatic heterocycles. The molecule has 2 aromatic heterocycles. The SMILES string of the molecule is Cc1cccc(C)c1-n1[nH]cc(-c2nnn(Cc3ccc(Br)cc3)n2)c1=S. The first-order valence-corrected chi connectivity index (χ1v) is 9.62. The molecule has 0 atom stereocenters. The number of hydrogen-bond acceptors (Lipinski definition) is 4. The maximum absolute atomic E-state index is 5.67. The molecule has 8 heteroatoms. The van der Waals surface area contributed by atoms with Gasteiger partial charge in [-0.1, -0.05) is 58.5 Å². The van der Waals surface area contributed by atoms with Crippen LogP contribution in [0.1, 0.15) is 16.7 Å². The topological polar surface area (TPSA) is 64.3 Å². The molecule has 4 aromatic rings. The first-order valence-electron chi connectivity index (χ1n) is 8.42. The minimum atomic E-state index is 0.512. The van der Waals surface area contributed by atoms with Crippen LogP contribution < -0.4 is 0 Å². The lowest BCUT2D eigenvalue weighted by Crippen LogP contribution is -2.03. The minimum Gasteiger partial charge on any atom is -0.299 e. The molecule has 6 nitrogen and oxygen atoms in total. The highest BCUT2D eigenvalue weighted by Crippen LogP contribution is 2.23. The monoisotopic (exact) mass is 440 g/mol. The molecule has 0 aliphatic carbocycles. The number of aryl methyl sites for hydroxylation is 2. The van der Waals surface area contributed by atoms with Gasteiger partial charge in [-0.15, -0.1) is 10.2 Å². The van der Waals surface area contributed by atoms with Crippen LogP contribution in [-0.4, -0.2) is 30.0 Å². The number of halogens is 1. The van der Waals surface area contributed by atoms with E-state index in [1.165, 1.54) is 0 Å². The van der Waals surface area contributed by atoms with Crippen LogP contribution in [0.2, 0.25) is 0 Å². The number of para-hydroxylation sites is 1. The van der Waals surface area contributed by atoms with Crippen LogP contribution in [0.3, 0.4) is 0 Å². The van der Waals surface area contributed by atoms with Crippen LogP contribution in [-0.2, 0) is 6.54 Å². The smallest absolute Gasteiger partial charge is 0.209 e. The van der Waals surface area contributed by atoms with Gasteiger partial charge in [-0.2, -0.15) is 4.80 Å². The quantitative estimate of drug-likeness (QED) is 0.470. The van der Waals surface area contributed by atoms with Crippen molar-refractivity contribution in [1.29, 1.82) is 0 Å². The summed E-state index contributed by atoms with van der Waals surface area (Å²) in [5.41, 5.74) is 5.20. The molecule has 0 saturated carbocycles.